The van der Waals surface area contributed by atoms with E-state index in [0.29, 0.717) is 18.7 Å². The van der Waals surface area contributed by atoms with E-state index in [0.717, 1.165) is 12.8 Å². The lowest BCUT2D eigenvalue weighted by atomic mass is 10.2. The van der Waals surface area contributed by atoms with E-state index in [4.69, 9.17) is 0 Å². The molecule has 1 aromatic carbocycles. The molecule has 0 saturated carbocycles. The van der Waals surface area contributed by atoms with E-state index >= 15 is 0 Å². The molecule has 0 amide bonds. The number of nitrogens with one attached hydrogen (secondary N) is 1. The number of nitro groups is 1. The Balaban J connectivity index is 0.00000242. The standard InChI is InChI=1S/C13H19N3O4S.ClH/c1-14-9-13-3-2-8-15(13)21(19,20)10-11-4-6-12(7-5-11)16(17)18;/h4-7,13-14H,2-3,8-10H2,1H3;1H. The van der Waals surface area contributed by atoms with Gasteiger partial charge in [-0.1, -0.05) is 12.1 Å². The number of non-ortho nitro benzene ring substituents is 1. The maximum atomic E-state index is 12.5. The molecule has 2 rings (SSSR count). The first-order valence-electron chi connectivity index (χ1n) is 6.81. The van der Waals surface area contributed by atoms with Crippen molar-refractivity contribution in [3.05, 3.63) is 39.9 Å². The topological polar surface area (TPSA) is 92.6 Å². The van der Waals surface area contributed by atoms with Gasteiger partial charge >= 0.3 is 0 Å². The Bertz CT molecular complexity index is 606. The Morgan fingerprint density at radius 2 is 2.00 bits per heavy atom. The minimum Gasteiger partial charge on any atom is -0.318 e. The molecule has 0 spiro atoms. The van der Waals surface area contributed by atoms with E-state index in [1.165, 1.54) is 24.3 Å². The predicted octanol–water partition coefficient (Wildman–Crippen LogP) is 1.53. The van der Waals surface area contributed by atoms with Gasteiger partial charge in [-0.25, -0.2) is 8.42 Å². The first-order chi connectivity index (χ1) is 9.94. The van der Waals surface area contributed by atoms with E-state index in [1.54, 1.807) is 11.4 Å². The molecule has 1 aromatic rings. The number of benzene rings is 1. The first kappa shape index (κ1) is 18.8. The van der Waals surface area contributed by atoms with E-state index in [9.17, 15) is 18.5 Å². The van der Waals surface area contributed by atoms with Crippen molar-refractivity contribution in [2.45, 2.75) is 24.6 Å². The van der Waals surface area contributed by atoms with Crippen LogP contribution >= 0.6 is 12.4 Å². The van der Waals surface area contributed by atoms with Crippen molar-refractivity contribution in [2.75, 3.05) is 20.1 Å². The molecule has 7 nitrogen and oxygen atoms in total. The fourth-order valence-electron chi connectivity index (χ4n) is 2.62. The Morgan fingerprint density at radius 1 is 1.36 bits per heavy atom. The van der Waals surface area contributed by atoms with Gasteiger partial charge in [-0.15, -0.1) is 12.4 Å². The van der Waals surface area contributed by atoms with Gasteiger partial charge in [-0.3, -0.25) is 10.1 Å². The van der Waals surface area contributed by atoms with Crippen LogP contribution in [-0.2, 0) is 15.8 Å². The molecule has 22 heavy (non-hydrogen) atoms. The van der Waals surface area contributed by atoms with Gasteiger partial charge in [0.05, 0.1) is 10.7 Å². The molecule has 1 unspecified atom stereocenters. The summed E-state index contributed by atoms with van der Waals surface area (Å²) in [4.78, 5) is 10.1. The number of likely N-dealkylation sites (N-methyl/N-ethyl adjacent to an activating group) is 1. The third kappa shape index (κ3) is 4.39. The van der Waals surface area contributed by atoms with Gasteiger partial charge in [0.1, 0.15) is 0 Å². The van der Waals surface area contributed by atoms with Gasteiger partial charge in [-0.2, -0.15) is 4.31 Å². The van der Waals surface area contributed by atoms with Gasteiger partial charge in [-0.05, 0) is 25.5 Å². The van der Waals surface area contributed by atoms with Crippen LogP contribution in [0.5, 0.6) is 0 Å². The van der Waals surface area contributed by atoms with Gasteiger partial charge in [0.2, 0.25) is 10.0 Å². The van der Waals surface area contributed by atoms with Crippen LogP contribution < -0.4 is 5.32 Å². The Hall–Kier alpha value is -1.22. The molecule has 0 aromatic heterocycles. The minimum absolute atomic E-state index is 0. The molecule has 1 aliphatic heterocycles. The van der Waals surface area contributed by atoms with Crippen LogP contribution in [0.1, 0.15) is 18.4 Å². The third-order valence-electron chi connectivity index (χ3n) is 3.62. The predicted molar refractivity (Wildman–Crippen MR) is 86.6 cm³/mol. The second-order valence-corrected chi connectivity index (χ2v) is 7.07. The van der Waals surface area contributed by atoms with Crippen LogP contribution in [0.3, 0.4) is 0 Å². The van der Waals surface area contributed by atoms with E-state index < -0.39 is 14.9 Å². The maximum absolute atomic E-state index is 12.5. The number of sulfonamides is 1. The quantitative estimate of drug-likeness (QED) is 0.621. The van der Waals surface area contributed by atoms with Gasteiger partial charge in [0.15, 0.2) is 0 Å². The summed E-state index contributed by atoms with van der Waals surface area (Å²) in [5, 5.41) is 13.6. The molecule has 1 atom stereocenters. The molecule has 1 N–H and O–H groups in total. The molecule has 1 aliphatic rings. The van der Waals surface area contributed by atoms with Crippen molar-refractivity contribution in [1.82, 2.24) is 9.62 Å². The Kier molecular flexibility index (Phi) is 6.73. The lowest BCUT2D eigenvalue weighted by Crippen LogP contribution is -2.41. The number of hydrogen-bond donors (Lipinski definition) is 1. The van der Waals surface area contributed by atoms with Crippen molar-refractivity contribution < 1.29 is 13.3 Å². The first-order valence-corrected chi connectivity index (χ1v) is 8.42. The summed E-state index contributed by atoms with van der Waals surface area (Å²) in [6.07, 6.45) is 1.73. The maximum Gasteiger partial charge on any atom is 0.269 e. The highest BCUT2D eigenvalue weighted by molar-refractivity contribution is 7.88. The van der Waals surface area contributed by atoms with Gasteiger partial charge in [0.25, 0.3) is 5.69 Å². The molecule has 0 radical (unpaired) electrons. The normalized spacial score (nSPS) is 18.9. The van der Waals surface area contributed by atoms with Crippen LogP contribution in [0.2, 0.25) is 0 Å². The van der Waals surface area contributed by atoms with E-state index in [2.05, 4.69) is 5.32 Å². The molecule has 0 bridgehead atoms. The number of hydrogen-bond acceptors (Lipinski definition) is 5. The summed E-state index contributed by atoms with van der Waals surface area (Å²) in [7, 11) is -1.59. The number of nitrogens with zero attached hydrogens (tertiary/aromatic N) is 2. The Morgan fingerprint density at radius 3 is 2.55 bits per heavy atom. The summed E-state index contributed by atoms with van der Waals surface area (Å²) in [6.45, 7) is 1.18. The van der Waals surface area contributed by atoms with E-state index in [1.807, 2.05) is 0 Å². The summed E-state index contributed by atoms with van der Waals surface area (Å²) < 4.78 is 26.5. The van der Waals surface area contributed by atoms with Crippen molar-refractivity contribution in [2.24, 2.45) is 0 Å². The van der Waals surface area contributed by atoms with E-state index in [-0.39, 0.29) is 29.9 Å². The zero-order valence-electron chi connectivity index (χ0n) is 12.3. The molecule has 0 aliphatic carbocycles. The SMILES string of the molecule is CNCC1CCCN1S(=O)(=O)Cc1ccc([N+](=O)[O-])cc1.Cl. The largest absolute Gasteiger partial charge is 0.318 e. The van der Waals surface area contributed by atoms with Crippen molar-refractivity contribution in [1.29, 1.82) is 0 Å². The summed E-state index contributed by atoms with van der Waals surface area (Å²) >= 11 is 0. The number of rotatable bonds is 6. The van der Waals surface area contributed by atoms with Crippen molar-refractivity contribution in [3.63, 3.8) is 0 Å². The summed E-state index contributed by atoms with van der Waals surface area (Å²) in [5.41, 5.74) is 0.529. The average molecular weight is 350 g/mol. The second kappa shape index (κ2) is 7.87. The fraction of sp³-hybridized carbons (Fsp3) is 0.538. The van der Waals surface area contributed by atoms with Gasteiger partial charge < -0.3 is 5.32 Å². The molecule has 1 saturated heterocycles. The van der Waals surface area contributed by atoms with Crippen molar-refractivity contribution in [3.8, 4) is 0 Å². The zero-order valence-corrected chi connectivity index (χ0v) is 13.9. The fourth-order valence-corrected chi connectivity index (χ4v) is 4.44. The Labute approximate surface area is 136 Å². The number of halogens is 1. The number of nitro benzene ring substituents is 1. The van der Waals surface area contributed by atoms with Crippen LogP contribution in [0, 0.1) is 10.1 Å². The highest BCUT2D eigenvalue weighted by Gasteiger charge is 2.33. The molecular formula is C13H20ClN3O4S. The molecule has 1 heterocycles. The lowest BCUT2D eigenvalue weighted by Gasteiger charge is -2.23. The monoisotopic (exact) mass is 349 g/mol. The molecule has 1 fully saturated rings. The highest BCUT2D eigenvalue weighted by atomic mass is 35.5. The molecule has 124 valence electrons. The molecule has 9 heteroatoms. The summed E-state index contributed by atoms with van der Waals surface area (Å²) in [5.74, 6) is -0.120. The lowest BCUT2D eigenvalue weighted by molar-refractivity contribution is -0.384. The van der Waals surface area contributed by atoms with Crippen LogP contribution in [0.15, 0.2) is 24.3 Å². The van der Waals surface area contributed by atoms with Crippen LogP contribution in [-0.4, -0.2) is 43.8 Å². The minimum atomic E-state index is -3.39. The second-order valence-electron chi connectivity index (χ2n) is 5.14. The zero-order chi connectivity index (χ0) is 15.5. The summed E-state index contributed by atoms with van der Waals surface area (Å²) in [6, 6.07) is 5.66. The van der Waals surface area contributed by atoms with Crippen LogP contribution in [0.25, 0.3) is 0 Å². The smallest absolute Gasteiger partial charge is 0.269 e. The van der Waals surface area contributed by atoms with Gasteiger partial charge in [0, 0.05) is 31.3 Å². The third-order valence-corrected chi connectivity index (χ3v) is 5.51. The highest BCUT2D eigenvalue weighted by Crippen LogP contribution is 2.23. The van der Waals surface area contributed by atoms with Crippen molar-refractivity contribution >= 4 is 28.1 Å². The van der Waals surface area contributed by atoms with Crippen LogP contribution in [0.4, 0.5) is 5.69 Å². The average Bonchev–Trinajstić information content (AvgIpc) is 2.88. The molecular weight excluding hydrogens is 330 g/mol.